The number of amides is 1. The van der Waals surface area contributed by atoms with Gasteiger partial charge in [0.25, 0.3) is 0 Å². The lowest BCUT2D eigenvalue weighted by Crippen LogP contribution is -2.41. The van der Waals surface area contributed by atoms with E-state index < -0.39 is 0 Å². The smallest absolute Gasteiger partial charge is 0.240 e. The average Bonchev–Trinajstić information content (AvgIpc) is 2.99. The molecule has 0 unspecified atom stereocenters. The molecule has 2 aromatic carbocycles. The van der Waals surface area contributed by atoms with Crippen molar-refractivity contribution < 1.29 is 4.79 Å². The minimum absolute atomic E-state index is 0.0323. The monoisotopic (exact) mass is 322 g/mol. The third kappa shape index (κ3) is 3.51. The fourth-order valence-corrected chi connectivity index (χ4v) is 3.45. The molecule has 3 rings (SSSR count). The number of hydrogen-bond donors (Lipinski definition) is 1. The summed E-state index contributed by atoms with van der Waals surface area (Å²) in [6.45, 7) is 7.74. The van der Waals surface area contributed by atoms with Crippen molar-refractivity contribution in [3.05, 3.63) is 65.7 Å². The van der Waals surface area contributed by atoms with Crippen molar-refractivity contribution in [3.8, 4) is 0 Å². The second-order valence-corrected chi connectivity index (χ2v) is 7.51. The summed E-state index contributed by atoms with van der Waals surface area (Å²) in [4.78, 5) is 14.6. The molecule has 0 saturated carbocycles. The first-order chi connectivity index (χ1) is 11.5. The van der Waals surface area contributed by atoms with Gasteiger partial charge in [0, 0.05) is 18.3 Å². The van der Waals surface area contributed by atoms with Crippen LogP contribution in [0, 0.1) is 5.41 Å². The molecule has 1 aliphatic rings. The maximum atomic E-state index is 12.7. The van der Waals surface area contributed by atoms with Crippen molar-refractivity contribution >= 4 is 11.6 Å². The number of fused-ring (bicyclic) bond motifs is 1. The maximum Gasteiger partial charge on any atom is 0.240 e. The molecule has 1 heterocycles. The van der Waals surface area contributed by atoms with Gasteiger partial charge in [-0.25, -0.2) is 0 Å². The highest BCUT2D eigenvalue weighted by molar-refractivity contribution is 5.96. The molecule has 0 spiro atoms. The number of nitrogens with zero attached hydrogens (tertiary/aromatic N) is 1. The lowest BCUT2D eigenvalue weighted by molar-refractivity contribution is -0.117. The van der Waals surface area contributed by atoms with Crippen LogP contribution in [0.25, 0.3) is 0 Å². The van der Waals surface area contributed by atoms with E-state index in [9.17, 15) is 4.79 Å². The van der Waals surface area contributed by atoms with Crippen LogP contribution in [0.15, 0.2) is 54.6 Å². The number of carbonyl (C=O) groups is 1. The molecular weight excluding hydrogens is 296 g/mol. The van der Waals surface area contributed by atoms with Gasteiger partial charge >= 0.3 is 0 Å². The first-order valence-electron chi connectivity index (χ1n) is 8.63. The van der Waals surface area contributed by atoms with Gasteiger partial charge in [0.1, 0.15) is 0 Å². The van der Waals surface area contributed by atoms with Crippen molar-refractivity contribution in [1.29, 1.82) is 0 Å². The molecule has 1 N–H and O–H groups in total. The molecule has 1 amide bonds. The molecule has 2 aromatic rings. The van der Waals surface area contributed by atoms with Crippen molar-refractivity contribution in [2.45, 2.75) is 33.2 Å². The summed E-state index contributed by atoms with van der Waals surface area (Å²) in [5.41, 5.74) is 3.59. The second kappa shape index (κ2) is 6.78. The number of hydrogen-bond acceptors (Lipinski definition) is 2. The fraction of sp³-hybridized carbons (Fsp3) is 0.381. The van der Waals surface area contributed by atoms with E-state index in [1.807, 2.05) is 41.3 Å². The van der Waals surface area contributed by atoms with Crippen LogP contribution in [0.5, 0.6) is 0 Å². The van der Waals surface area contributed by atoms with E-state index in [0.29, 0.717) is 6.54 Å². The zero-order valence-electron chi connectivity index (χ0n) is 14.8. The molecule has 0 fully saturated rings. The van der Waals surface area contributed by atoms with Gasteiger partial charge < -0.3 is 10.2 Å². The molecule has 0 aliphatic carbocycles. The molecule has 1 atom stereocenters. The summed E-state index contributed by atoms with van der Waals surface area (Å²) in [6.07, 6.45) is 0.948. The van der Waals surface area contributed by atoms with Gasteiger partial charge in [0.2, 0.25) is 5.91 Å². The zero-order chi connectivity index (χ0) is 17.2. The summed E-state index contributed by atoms with van der Waals surface area (Å²) in [5.74, 6) is 0.144. The van der Waals surface area contributed by atoms with E-state index in [2.05, 4.69) is 44.3 Å². The summed E-state index contributed by atoms with van der Waals surface area (Å²) >= 11 is 0. The fourth-order valence-electron chi connectivity index (χ4n) is 3.45. The van der Waals surface area contributed by atoms with Gasteiger partial charge in [-0.3, -0.25) is 4.79 Å². The summed E-state index contributed by atoms with van der Waals surface area (Å²) < 4.78 is 0. The maximum absolute atomic E-state index is 12.7. The second-order valence-electron chi connectivity index (χ2n) is 7.51. The van der Waals surface area contributed by atoms with Crippen molar-refractivity contribution in [2.75, 3.05) is 18.0 Å². The van der Waals surface area contributed by atoms with Crippen LogP contribution in [0.1, 0.15) is 37.9 Å². The normalized spacial score (nSPS) is 15.2. The van der Waals surface area contributed by atoms with Crippen LogP contribution in [-0.4, -0.2) is 19.0 Å². The highest BCUT2D eigenvalue weighted by Gasteiger charge is 2.28. The number of rotatable bonds is 4. The molecule has 3 nitrogen and oxygen atoms in total. The van der Waals surface area contributed by atoms with Crippen LogP contribution in [0.2, 0.25) is 0 Å². The van der Waals surface area contributed by atoms with E-state index >= 15 is 0 Å². The SMILES string of the molecule is CC(C)(C)[C@H](NCC(=O)N1CCc2ccccc21)c1ccccc1. The standard InChI is InChI=1S/C21H26N2O/c1-21(2,3)20(17-10-5-4-6-11-17)22-15-19(24)23-14-13-16-9-7-8-12-18(16)23/h4-12,20,22H,13-15H2,1-3H3/t20-/m1/s1. The Morgan fingerprint density at radius 3 is 2.46 bits per heavy atom. The van der Waals surface area contributed by atoms with Gasteiger partial charge in [-0.15, -0.1) is 0 Å². The summed E-state index contributed by atoms with van der Waals surface area (Å²) in [6, 6.07) is 18.7. The van der Waals surface area contributed by atoms with E-state index in [0.717, 1.165) is 18.7 Å². The highest BCUT2D eigenvalue weighted by Crippen LogP contribution is 2.33. The number of anilines is 1. The molecule has 126 valence electrons. The Morgan fingerprint density at radius 2 is 1.75 bits per heavy atom. The Labute approximate surface area is 144 Å². The summed E-state index contributed by atoms with van der Waals surface area (Å²) in [5, 5.41) is 3.49. The quantitative estimate of drug-likeness (QED) is 0.924. The lowest BCUT2D eigenvalue weighted by atomic mass is 9.82. The molecule has 0 radical (unpaired) electrons. The van der Waals surface area contributed by atoms with Gasteiger partial charge in [-0.2, -0.15) is 0 Å². The molecule has 1 aliphatic heterocycles. The minimum Gasteiger partial charge on any atom is -0.311 e. The van der Waals surface area contributed by atoms with E-state index in [1.54, 1.807) is 0 Å². The first-order valence-corrected chi connectivity index (χ1v) is 8.63. The van der Waals surface area contributed by atoms with Crippen LogP contribution in [0.3, 0.4) is 0 Å². The Bertz CT molecular complexity index is 703. The third-order valence-electron chi connectivity index (χ3n) is 4.64. The van der Waals surface area contributed by atoms with Gasteiger partial charge in [0.15, 0.2) is 0 Å². The van der Waals surface area contributed by atoms with E-state index in [1.165, 1.54) is 11.1 Å². The van der Waals surface area contributed by atoms with Gasteiger partial charge in [-0.1, -0.05) is 69.3 Å². The van der Waals surface area contributed by atoms with Gasteiger partial charge in [0.05, 0.1) is 6.54 Å². The largest absolute Gasteiger partial charge is 0.311 e. The Morgan fingerprint density at radius 1 is 1.08 bits per heavy atom. The predicted molar refractivity (Wildman–Crippen MR) is 99.1 cm³/mol. The van der Waals surface area contributed by atoms with Crippen LogP contribution in [0.4, 0.5) is 5.69 Å². The molecular formula is C21H26N2O. The predicted octanol–water partition coefficient (Wildman–Crippen LogP) is 3.95. The number of benzene rings is 2. The first kappa shape index (κ1) is 16.7. The molecule has 3 heteroatoms. The van der Waals surface area contributed by atoms with Crippen LogP contribution >= 0.6 is 0 Å². The Hall–Kier alpha value is -2.13. The Kier molecular flexibility index (Phi) is 4.72. The average molecular weight is 322 g/mol. The third-order valence-corrected chi connectivity index (χ3v) is 4.64. The molecule has 0 aromatic heterocycles. The van der Waals surface area contributed by atoms with E-state index in [4.69, 9.17) is 0 Å². The van der Waals surface area contributed by atoms with Crippen molar-refractivity contribution in [1.82, 2.24) is 5.32 Å². The summed E-state index contributed by atoms with van der Waals surface area (Å²) in [7, 11) is 0. The van der Waals surface area contributed by atoms with Gasteiger partial charge in [-0.05, 0) is 29.0 Å². The minimum atomic E-state index is 0.0323. The van der Waals surface area contributed by atoms with Crippen LogP contribution in [-0.2, 0) is 11.2 Å². The van der Waals surface area contributed by atoms with Crippen molar-refractivity contribution in [2.24, 2.45) is 5.41 Å². The highest BCUT2D eigenvalue weighted by atomic mass is 16.2. The number of carbonyl (C=O) groups excluding carboxylic acids is 1. The van der Waals surface area contributed by atoms with Crippen molar-refractivity contribution in [3.63, 3.8) is 0 Å². The molecule has 0 bridgehead atoms. The Balaban J connectivity index is 1.71. The molecule has 24 heavy (non-hydrogen) atoms. The lowest BCUT2D eigenvalue weighted by Gasteiger charge is -2.32. The number of para-hydroxylation sites is 1. The zero-order valence-corrected chi connectivity index (χ0v) is 14.8. The molecule has 0 saturated heterocycles. The number of nitrogens with one attached hydrogen (secondary N) is 1. The van der Waals surface area contributed by atoms with Crippen LogP contribution < -0.4 is 10.2 Å². The van der Waals surface area contributed by atoms with E-state index in [-0.39, 0.29) is 17.4 Å². The topological polar surface area (TPSA) is 32.3 Å².